The maximum Gasteiger partial charge on any atom is 0.322 e. The van der Waals surface area contributed by atoms with E-state index >= 15 is 0 Å². The lowest BCUT2D eigenvalue weighted by Crippen LogP contribution is -2.36. The zero-order chi connectivity index (χ0) is 18.7. The molecular formula is C12H15Br2N7O4. The fourth-order valence-corrected chi connectivity index (χ4v) is 2.80. The van der Waals surface area contributed by atoms with Crippen molar-refractivity contribution < 1.29 is 19.1 Å². The van der Waals surface area contributed by atoms with Crippen molar-refractivity contribution in [3.63, 3.8) is 0 Å². The topological polar surface area (TPSA) is 164 Å². The lowest BCUT2D eigenvalue weighted by atomic mass is 10.3. The molecule has 0 unspecified atom stereocenters. The number of hydrogen-bond donors (Lipinski definition) is 4. The Labute approximate surface area is 159 Å². The number of hydrazine groups is 1. The van der Waals surface area contributed by atoms with Crippen LogP contribution in [0.5, 0.6) is 0 Å². The van der Waals surface area contributed by atoms with E-state index in [1.807, 2.05) is 0 Å². The van der Waals surface area contributed by atoms with Gasteiger partial charge in [0.1, 0.15) is 14.8 Å². The molecule has 1 aliphatic heterocycles. The van der Waals surface area contributed by atoms with Gasteiger partial charge in [0.2, 0.25) is 11.7 Å². The summed E-state index contributed by atoms with van der Waals surface area (Å²) in [5.41, 5.74) is 13.9. The summed E-state index contributed by atoms with van der Waals surface area (Å²) in [6.45, 7) is -0.0438. The van der Waals surface area contributed by atoms with Gasteiger partial charge in [-0.25, -0.2) is 10.8 Å². The molecule has 25 heavy (non-hydrogen) atoms. The molecule has 1 amide bonds. The Morgan fingerprint density at radius 1 is 1.20 bits per heavy atom. The molecule has 1 aromatic heterocycles. The van der Waals surface area contributed by atoms with Crippen molar-refractivity contribution in [1.29, 1.82) is 0 Å². The Morgan fingerprint density at radius 3 is 2.44 bits per heavy atom. The van der Waals surface area contributed by atoms with E-state index in [4.69, 9.17) is 31.6 Å². The van der Waals surface area contributed by atoms with Gasteiger partial charge in [0.05, 0.1) is 20.8 Å². The number of rotatable bonds is 5. The van der Waals surface area contributed by atoms with E-state index in [-0.39, 0.29) is 41.3 Å². The van der Waals surface area contributed by atoms with Gasteiger partial charge in [-0.15, -0.1) is 0 Å². The van der Waals surface area contributed by atoms with Gasteiger partial charge in [0.25, 0.3) is 0 Å². The Balaban J connectivity index is 2.39. The van der Waals surface area contributed by atoms with Crippen molar-refractivity contribution in [2.75, 3.05) is 37.2 Å². The summed E-state index contributed by atoms with van der Waals surface area (Å²) in [6.07, 6.45) is 0. The molecule has 0 bridgehead atoms. The minimum Gasteiger partial charge on any atom is -0.491 e. The van der Waals surface area contributed by atoms with Crippen LogP contribution < -0.4 is 27.8 Å². The smallest absolute Gasteiger partial charge is 0.322 e. The maximum absolute atomic E-state index is 12.0. The Kier molecular flexibility index (Phi) is 5.92. The van der Waals surface area contributed by atoms with Crippen LogP contribution in [0, 0.1) is 0 Å². The van der Waals surface area contributed by atoms with E-state index in [2.05, 4.69) is 47.3 Å². The number of nitrogens with zero attached hydrogens (tertiary/aromatic N) is 3. The number of hydrogen-bond acceptors (Lipinski definition) is 10. The predicted molar refractivity (Wildman–Crippen MR) is 96.3 cm³/mol. The zero-order valence-electron chi connectivity index (χ0n) is 13.2. The number of methoxy groups -OCH3 is 2. The standard InChI is InChI=1S/C12H15Br2N7O4/c1-23-7-5(13)4(25-20-11(22)8(7)24-2)3-21(17)10-6(15)9(14)18-12(16)19-10/h3,15,17H2,1-2H3,(H,20,22)(H2,16,18,19). The van der Waals surface area contributed by atoms with Crippen LogP contribution in [0.1, 0.15) is 0 Å². The molecule has 2 rings (SSSR count). The summed E-state index contributed by atoms with van der Waals surface area (Å²) in [7, 11) is 2.71. The van der Waals surface area contributed by atoms with Gasteiger partial charge >= 0.3 is 5.91 Å². The Bertz CT molecular complexity index is 768. The van der Waals surface area contributed by atoms with Crippen LogP contribution in [0.3, 0.4) is 0 Å². The third-order valence-corrected chi connectivity index (χ3v) is 4.42. The fourth-order valence-electron chi connectivity index (χ4n) is 1.89. The number of aromatic nitrogens is 2. The molecule has 0 atom stereocenters. The molecule has 0 saturated carbocycles. The summed E-state index contributed by atoms with van der Waals surface area (Å²) >= 11 is 6.48. The number of halogens is 2. The van der Waals surface area contributed by atoms with Gasteiger partial charge in [0, 0.05) is 0 Å². The van der Waals surface area contributed by atoms with Gasteiger partial charge in [-0.1, -0.05) is 0 Å². The molecule has 1 aromatic rings. The number of anilines is 3. The first kappa shape index (κ1) is 19.1. The van der Waals surface area contributed by atoms with Gasteiger partial charge in [-0.05, 0) is 31.9 Å². The molecule has 136 valence electrons. The average molecular weight is 481 g/mol. The van der Waals surface area contributed by atoms with Gasteiger partial charge in [-0.2, -0.15) is 10.5 Å². The summed E-state index contributed by atoms with van der Waals surface area (Å²) in [5.74, 6) is 5.83. The number of carbonyl (C=O) groups excluding carboxylic acids is 1. The van der Waals surface area contributed by atoms with Crippen LogP contribution in [0.4, 0.5) is 17.5 Å². The first-order valence-electron chi connectivity index (χ1n) is 6.59. The minimum absolute atomic E-state index is 0.0196. The number of nitrogen functional groups attached to an aromatic ring is 2. The highest BCUT2D eigenvalue weighted by atomic mass is 79.9. The van der Waals surface area contributed by atoms with E-state index in [9.17, 15) is 4.79 Å². The number of nitrogens with one attached hydrogen (secondary N) is 1. The first-order chi connectivity index (χ1) is 11.8. The average Bonchev–Trinajstić information content (AvgIpc) is 2.68. The first-order valence-corrected chi connectivity index (χ1v) is 8.17. The number of amides is 1. The molecule has 0 saturated heterocycles. The normalized spacial score (nSPS) is 14.7. The molecule has 0 fully saturated rings. The second kappa shape index (κ2) is 7.76. The molecule has 7 N–H and O–H groups in total. The second-order valence-corrected chi connectivity index (χ2v) is 6.12. The van der Waals surface area contributed by atoms with Gasteiger partial charge in [-0.3, -0.25) is 9.80 Å². The largest absolute Gasteiger partial charge is 0.491 e. The number of carbonyl (C=O) groups is 1. The quantitative estimate of drug-likeness (QED) is 0.261. The van der Waals surface area contributed by atoms with E-state index in [0.29, 0.717) is 9.09 Å². The van der Waals surface area contributed by atoms with Crippen molar-refractivity contribution in [2.45, 2.75) is 0 Å². The minimum atomic E-state index is -0.622. The van der Waals surface area contributed by atoms with Crippen molar-refractivity contribution in [3.8, 4) is 0 Å². The third-order valence-electron chi connectivity index (χ3n) is 3.01. The van der Waals surface area contributed by atoms with Crippen LogP contribution in [-0.2, 0) is 19.1 Å². The number of nitrogens with two attached hydrogens (primary N) is 3. The Morgan fingerprint density at radius 2 is 1.84 bits per heavy atom. The molecule has 0 spiro atoms. The second-order valence-electron chi connectivity index (χ2n) is 4.57. The maximum atomic E-state index is 12.0. The van der Waals surface area contributed by atoms with Crippen molar-refractivity contribution in [1.82, 2.24) is 15.4 Å². The molecule has 1 aliphatic rings. The lowest BCUT2D eigenvalue weighted by Gasteiger charge is -2.21. The Hall–Kier alpha value is -2.25. The highest BCUT2D eigenvalue weighted by Gasteiger charge is 2.28. The molecule has 0 aromatic carbocycles. The van der Waals surface area contributed by atoms with Crippen molar-refractivity contribution in [2.24, 2.45) is 5.84 Å². The fraction of sp³-hybridized carbons (Fsp3) is 0.250. The zero-order valence-corrected chi connectivity index (χ0v) is 16.3. The van der Waals surface area contributed by atoms with Crippen LogP contribution in [0.25, 0.3) is 0 Å². The van der Waals surface area contributed by atoms with E-state index in [1.165, 1.54) is 19.2 Å². The molecular weight excluding hydrogens is 466 g/mol. The van der Waals surface area contributed by atoms with Crippen LogP contribution in [0.15, 0.2) is 26.4 Å². The predicted octanol–water partition coefficient (Wildman–Crippen LogP) is 0.256. The van der Waals surface area contributed by atoms with Crippen molar-refractivity contribution in [3.05, 3.63) is 26.4 Å². The van der Waals surface area contributed by atoms with Crippen molar-refractivity contribution >= 4 is 55.2 Å². The van der Waals surface area contributed by atoms with Crippen LogP contribution >= 0.6 is 31.9 Å². The van der Waals surface area contributed by atoms with Gasteiger partial charge in [0.15, 0.2) is 17.3 Å². The van der Waals surface area contributed by atoms with Crippen LogP contribution in [-0.4, -0.2) is 36.6 Å². The molecule has 0 aliphatic carbocycles. The monoisotopic (exact) mass is 479 g/mol. The molecule has 2 heterocycles. The summed E-state index contributed by atoms with van der Waals surface area (Å²) < 4.78 is 10.9. The summed E-state index contributed by atoms with van der Waals surface area (Å²) in [4.78, 5) is 25.1. The van der Waals surface area contributed by atoms with E-state index < -0.39 is 5.91 Å². The number of ether oxygens (including phenoxy) is 2. The summed E-state index contributed by atoms with van der Waals surface area (Å²) in [6, 6.07) is 0. The van der Waals surface area contributed by atoms with Gasteiger partial charge < -0.3 is 25.8 Å². The molecule has 11 nitrogen and oxygen atoms in total. The highest BCUT2D eigenvalue weighted by Crippen LogP contribution is 2.31. The summed E-state index contributed by atoms with van der Waals surface area (Å²) in [5, 5.41) is 1.17. The number of hydroxylamine groups is 1. The SMILES string of the molecule is COC1=C(OC)C(Br)=C(CN(N)c2nc(N)nc(Br)c2N)ONC1=O. The number of allylic oxidation sites excluding steroid dienone is 1. The highest BCUT2D eigenvalue weighted by molar-refractivity contribution is 9.12. The lowest BCUT2D eigenvalue weighted by molar-refractivity contribution is -0.129. The van der Waals surface area contributed by atoms with E-state index in [0.717, 1.165) is 0 Å². The van der Waals surface area contributed by atoms with E-state index in [1.54, 1.807) is 0 Å². The van der Waals surface area contributed by atoms with Crippen LogP contribution in [0.2, 0.25) is 0 Å². The molecule has 13 heteroatoms. The third kappa shape index (κ3) is 3.88. The molecule has 0 radical (unpaired) electrons.